The van der Waals surface area contributed by atoms with Gasteiger partial charge in [-0.15, -0.1) is 0 Å². The molecule has 1 saturated heterocycles. The summed E-state index contributed by atoms with van der Waals surface area (Å²) in [6, 6.07) is 2.26. The van der Waals surface area contributed by atoms with Crippen LogP contribution in [0.15, 0.2) is 0 Å². The molecule has 4 nitrogen and oxygen atoms in total. The molecular formula is C10H18N2O2S. The number of hydrogen-bond donors (Lipinski definition) is 0. The van der Waals surface area contributed by atoms with E-state index in [2.05, 4.69) is 6.07 Å². The Bertz CT molecular complexity index is 359. The van der Waals surface area contributed by atoms with Crippen LogP contribution in [0.1, 0.15) is 33.6 Å². The van der Waals surface area contributed by atoms with E-state index in [0.717, 1.165) is 0 Å². The van der Waals surface area contributed by atoms with E-state index in [1.54, 1.807) is 13.8 Å². The molecule has 0 N–H and O–H groups in total. The first kappa shape index (κ1) is 12.5. The summed E-state index contributed by atoms with van der Waals surface area (Å²) in [4.78, 5) is 0. The number of nitrogens with zero attached hydrogens (tertiary/aromatic N) is 2. The number of rotatable bonds is 2. The van der Waals surface area contributed by atoms with E-state index >= 15 is 0 Å². The molecule has 0 radical (unpaired) electrons. The Kier molecular flexibility index (Phi) is 3.41. The quantitative estimate of drug-likeness (QED) is 0.719. The highest BCUT2D eigenvalue weighted by atomic mass is 32.2. The topological polar surface area (TPSA) is 61.2 Å². The van der Waals surface area contributed by atoms with Crippen LogP contribution in [0.25, 0.3) is 0 Å². The minimum atomic E-state index is -3.13. The maximum absolute atomic E-state index is 11.8. The lowest BCUT2D eigenvalue weighted by Crippen LogP contribution is -2.44. The second-order valence-electron chi connectivity index (χ2n) is 4.67. The zero-order chi connectivity index (χ0) is 11.7. The smallest absolute Gasteiger partial charge is 0.212 e. The highest BCUT2D eigenvalue weighted by Gasteiger charge is 2.35. The van der Waals surface area contributed by atoms with Crippen LogP contribution in [0, 0.1) is 16.7 Å². The number of sulfonamides is 1. The lowest BCUT2D eigenvalue weighted by molar-refractivity contribution is 0.231. The van der Waals surface area contributed by atoms with Gasteiger partial charge < -0.3 is 0 Å². The second kappa shape index (κ2) is 4.11. The van der Waals surface area contributed by atoms with Crippen molar-refractivity contribution < 1.29 is 8.42 Å². The van der Waals surface area contributed by atoms with E-state index in [4.69, 9.17) is 5.26 Å². The fourth-order valence-electron chi connectivity index (χ4n) is 1.64. The molecular weight excluding hydrogens is 212 g/mol. The second-order valence-corrected chi connectivity index (χ2v) is 7.15. The summed E-state index contributed by atoms with van der Waals surface area (Å²) in [6.45, 7) is 6.22. The van der Waals surface area contributed by atoms with Gasteiger partial charge in [-0.3, -0.25) is 0 Å². The van der Waals surface area contributed by atoms with Gasteiger partial charge in [0.25, 0.3) is 0 Å². The number of nitriles is 1. The van der Waals surface area contributed by atoms with Crippen molar-refractivity contribution in [1.29, 1.82) is 5.26 Å². The van der Waals surface area contributed by atoms with Gasteiger partial charge in [-0.05, 0) is 33.6 Å². The molecule has 0 amide bonds. The van der Waals surface area contributed by atoms with Crippen molar-refractivity contribution in [3.63, 3.8) is 0 Å². The number of hydrogen-bond acceptors (Lipinski definition) is 3. The van der Waals surface area contributed by atoms with Crippen molar-refractivity contribution in [3.8, 4) is 6.07 Å². The van der Waals surface area contributed by atoms with Crippen molar-refractivity contribution >= 4 is 10.0 Å². The predicted octanol–water partition coefficient (Wildman–Crippen LogP) is 1.35. The van der Waals surface area contributed by atoms with Gasteiger partial charge in [0.05, 0.1) is 16.7 Å². The highest BCUT2D eigenvalue weighted by Crippen LogP contribution is 2.31. The van der Waals surface area contributed by atoms with Gasteiger partial charge in [0.1, 0.15) is 0 Å². The fraction of sp³-hybridized carbons (Fsp3) is 0.900. The van der Waals surface area contributed by atoms with Crippen LogP contribution in [0.3, 0.4) is 0 Å². The van der Waals surface area contributed by atoms with Crippen LogP contribution in [-0.2, 0) is 10.0 Å². The Hall–Kier alpha value is -0.600. The summed E-state index contributed by atoms with van der Waals surface area (Å²) in [6.07, 6.45) is 1.27. The van der Waals surface area contributed by atoms with Gasteiger partial charge in [0, 0.05) is 13.1 Å². The standard InChI is InChI=1S/C10H18N2O2S/c1-9(2)15(13,14)12-6-4-10(3,8-11)5-7-12/h9H,4-7H2,1-3H3. The molecule has 0 aliphatic carbocycles. The average Bonchev–Trinajstić information content (AvgIpc) is 2.18. The van der Waals surface area contributed by atoms with Gasteiger partial charge in [0.15, 0.2) is 0 Å². The average molecular weight is 230 g/mol. The Labute approximate surface area is 91.9 Å². The normalized spacial score (nSPS) is 22.6. The maximum atomic E-state index is 11.8. The molecule has 0 spiro atoms. The molecule has 0 aromatic carbocycles. The molecule has 0 unspecified atom stereocenters. The fourth-order valence-corrected chi connectivity index (χ4v) is 2.93. The highest BCUT2D eigenvalue weighted by molar-refractivity contribution is 7.89. The first-order valence-electron chi connectivity index (χ1n) is 5.22. The molecule has 1 aliphatic rings. The summed E-state index contributed by atoms with van der Waals surface area (Å²) in [7, 11) is -3.13. The molecule has 1 aliphatic heterocycles. The van der Waals surface area contributed by atoms with Crippen LogP contribution in [0.5, 0.6) is 0 Å². The van der Waals surface area contributed by atoms with Crippen molar-refractivity contribution in [2.75, 3.05) is 13.1 Å². The van der Waals surface area contributed by atoms with Crippen LogP contribution in [0.2, 0.25) is 0 Å². The molecule has 1 rings (SSSR count). The molecule has 0 aromatic rings. The summed E-state index contributed by atoms with van der Waals surface area (Å²) >= 11 is 0. The Morgan fingerprint density at radius 1 is 1.33 bits per heavy atom. The van der Waals surface area contributed by atoms with Crippen LogP contribution in [0.4, 0.5) is 0 Å². The molecule has 1 fully saturated rings. The lowest BCUT2D eigenvalue weighted by Gasteiger charge is -2.34. The Morgan fingerprint density at radius 3 is 2.13 bits per heavy atom. The van der Waals surface area contributed by atoms with Gasteiger partial charge in [-0.25, -0.2) is 12.7 Å². The third-order valence-corrected chi connectivity index (χ3v) is 5.33. The molecule has 5 heteroatoms. The van der Waals surface area contributed by atoms with E-state index in [-0.39, 0.29) is 10.7 Å². The van der Waals surface area contributed by atoms with Crippen molar-refractivity contribution in [2.24, 2.45) is 5.41 Å². The maximum Gasteiger partial charge on any atom is 0.216 e. The van der Waals surface area contributed by atoms with Crippen LogP contribution < -0.4 is 0 Å². The van der Waals surface area contributed by atoms with E-state index < -0.39 is 10.0 Å². The minimum absolute atomic E-state index is 0.344. The first-order chi connectivity index (χ1) is 6.82. The molecule has 0 atom stereocenters. The molecule has 0 bridgehead atoms. The van der Waals surface area contributed by atoms with Crippen LogP contribution in [-0.4, -0.2) is 31.1 Å². The summed E-state index contributed by atoms with van der Waals surface area (Å²) in [5.41, 5.74) is -0.344. The zero-order valence-electron chi connectivity index (χ0n) is 9.52. The van der Waals surface area contributed by atoms with Crippen LogP contribution >= 0.6 is 0 Å². The van der Waals surface area contributed by atoms with Crippen molar-refractivity contribution in [1.82, 2.24) is 4.31 Å². The van der Waals surface area contributed by atoms with Crippen molar-refractivity contribution in [2.45, 2.75) is 38.9 Å². The molecule has 86 valence electrons. The Balaban J connectivity index is 2.72. The Morgan fingerprint density at radius 2 is 1.80 bits per heavy atom. The largest absolute Gasteiger partial charge is 0.216 e. The summed E-state index contributed by atoms with van der Waals surface area (Å²) < 4.78 is 25.2. The van der Waals surface area contributed by atoms with Gasteiger partial charge in [-0.2, -0.15) is 5.26 Å². The lowest BCUT2D eigenvalue weighted by atomic mass is 9.83. The van der Waals surface area contributed by atoms with Crippen molar-refractivity contribution in [3.05, 3.63) is 0 Å². The van der Waals surface area contributed by atoms with E-state index in [1.807, 2.05) is 6.92 Å². The van der Waals surface area contributed by atoms with E-state index in [1.165, 1.54) is 4.31 Å². The molecule has 0 saturated carbocycles. The van der Waals surface area contributed by atoms with E-state index in [9.17, 15) is 8.42 Å². The van der Waals surface area contributed by atoms with Gasteiger partial charge in [-0.1, -0.05) is 0 Å². The van der Waals surface area contributed by atoms with Gasteiger partial charge in [0.2, 0.25) is 10.0 Å². The third kappa shape index (κ3) is 2.50. The predicted molar refractivity (Wildman–Crippen MR) is 58.6 cm³/mol. The zero-order valence-corrected chi connectivity index (χ0v) is 10.3. The minimum Gasteiger partial charge on any atom is -0.212 e. The molecule has 1 heterocycles. The first-order valence-corrected chi connectivity index (χ1v) is 6.72. The molecule has 15 heavy (non-hydrogen) atoms. The number of piperidine rings is 1. The summed E-state index contributed by atoms with van der Waals surface area (Å²) in [5.74, 6) is 0. The molecule has 0 aromatic heterocycles. The monoisotopic (exact) mass is 230 g/mol. The SMILES string of the molecule is CC(C)S(=O)(=O)N1CCC(C)(C#N)CC1. The summed E-state index contributed by atoms with van der Waals surface area (Å²) in [5, 5.41) is 8.56. The third-order valence-electron chi connectivity index (χ3n) is 3.05. The van der Waals surface area contributed by atoms with E-state index in [0.29, 0.717) is 25.9 Å². The van der Waals surface area contributed by atoms with Gasteiger partial charge >= 0.3 is 0 Å².